The second-order valence-electron chi connectivity index (χ2n) is 5.63. The van der Waals surface area contributed by atoms with Gasteiger partial charge in [-0.1, -0.05) is 60.1 Å². The van der Waals surface area contributed by atoms with Gasteiger partial charge in [-0.25, -0.2) is 0 Å². The molecule has 1 aliphatic heterocycles. The van der Waals surface area contributed by atoms with Crippen molar-refractivity contribution in [3.05, 3.63) is 82.2 Å². The summed E-state index contributed by atoms with van der Waals surface area (Å²) in [4.78, 5) is 0. The summed E-state index contributed by atoms with van der Waals surface area (Å²) < 4.78 is 5.58. The Morgan fingerprint density at radius 1 is 1.12 bits per heavy atom. The van der Waals surface area contributed by atoms with Gasteiger partial charge in [0.15, 0.2) is 0 Å². The predicted molar refractivity (Wildman–Crippen MR) is 94.8 cm³/mol. The van der Waals surface area contributed by atoms with Gasteiger partial charge in [0.25, 0.3) is 0 Å². The Morgan fingerprint density at radius 2 is 1.84 bits per heavy atom. The van der Waals surface area contributed by atoms with E-state index in [9.17, 15) is 5.26 Å². The van der Waals surface area contributed by atoms with E-state index in [-0.39, 0.29) is 5.88 Å². The summed E-state index contributed by atoms with van der Waals surface area (Å²) in [5.41, 5.74) is 9.54. The first-order valence-corrected chi connectivity index (χ1v) is 8.04. The molecule has 0 unspecified atom stereocenters. The van der Waals surface area contributed by atoms with Gasteiger partial charge in [-0.2, -0.15) is 5.26 Å². The Morgan fingerprint density at radius 3 is 2.56 bits per heavy atom. The number of nitriles is 1. The van der Waals surface area contributed by atoms with Gasteiger partial charge in [0.05, 0.1) is 17.2 Å². The molecule has 0 aliphatic carbocycles. The lowest BCUT2D eigenvalue weighted by Gasteiger charge is -2.24. The molecule has 0 spiro atoms. The van der Waals surface area contributed by atoms with E-state index in [2.05, 4.69) is 16.3 Å². The van der Waals surface area contributed by atoms with E-state index in [0.29, 0.717) is 16.5 Å². The maximum absolute atomic E-state index is 9.67. The van der Waals surface area contributed by atoms with E-state index >= 15 is 0 Å². The number of aromatic amines is 1. The minimum Gasteiger partial charge on any atom is -0.420 e. The number of rotatable bonds is 2. The molecule has 1 atom stereocenters. The molecule has 1 aliphatic rings. The fourth-order valence-electron chi connectivity index (χ4n) is 3.09. The number of allylic oxidation sites excluding steroid dienone is 1. The molecule has 0 fully saturated rings. The van der Waals surface area contributed by atoms with Crippen molar-refractivity contribution in [2.45, 2.75) is 5.92 Å². The van der Waals surface area contributed by atoms with E-state index in [1.807, 2.05) is 48.5 Å². The minimum atomic E-state index is -0.448. The van der Waals surface area contributed by atoms with Crippen LogP contribution in [0.25, 0.3) is 11.3 Å². The lowest BCUT2D eigenvalue weighted by atomic mass is 9.83. The predicted octanol–water partition coefficient (Wildman–Crippen LogP) is 3.95. The van der Waals surface area contributed by atoms with Crippen molar-refractivity contribution in [1.82, 2.24) is 10.2 Å². The Bertz CT molecular complexity index is 1020. The van der Waals surface area contributed by atoms with Gasteiger partial charge >= 0.3 is 0 Å². The fourth-order valence-corrected chi connectivity index (χ4v) is 3.33. The van der Waals surface area contributed by atoms with Crippen molar-refractivity contribution < 1.29 is 4.74 Å². The summed E-state index contributed by atoms with van der Waals surface area (Å²) in [6.07, 6.45) is 0. The molecule has 0 amide bonds. The Labute approximate surface area is 149 Å². The molecular weight excluding hydrogens is 336 g/mol. The number of hydrogen-bond donors (Lipinski definition) is 2. The van der Waals surface area contributed by atoms with Crippen LogP contribution in [0.1, 0.15) is 17.0 Å². The number of fused-ring (bicyclic) bond motifs is 1. The van der Waals surface area contributed by atoms with Gasteiger partial charge in [-0.15, -0.1) is 5.10 Å². The van der Waals surface area contributed by atoms with Crippen LogP contribution in [0.2, 0.25) is 5.02 Å². The summed E-state index contributed by atoms with van der Waals surface area (Å²) in [5.74, 6) is -0.0392. The molecule has 2 aromatic carbocycles. The highest BCUT2D eigenvalue weighted by Gasteiger charge is 2.36. The number of nitrogens with zero attached hydrogens (tertiary/aromatic N) is 2. The number of halogens is 1. The summed E-state index contributed by atoms with van der Waals surface area (Å²) in [5, 5.41) is 17.5. The van der Waals surface area contributed by atoms with E-state index in [4.69, 9.17) is 22.1 Å². The number of H-pyrrole nitrogens is 1. The quantitative estimate of drug-likeness (QED) is 0.734. The number of benzene rings is 2. The Hall–Kier alpha value is -3.23. The van der Waals surface area contributed by atoms with Crippen LogP contribution >= 0.6 is 11.6 Å². The molecule has 2 heterocycles. The summed E-state index contributed by atoms with van der Waals surface area (Å²) in [7, 11) is 0. The third-order valence-electron chi connectivity index (χ3n) is 4.22. The van der Waals surface area contributed by atoms with Crippen molar-refractivity contribution >= 4 is 11.6 Å². The molecule has 6 heteroatoms. The standard InChI is InChI=1S/C19H13ClN4O/c20-14-9-5-4-8-12(14)15-13(10-21)18(22)25-19-16(15)17(23-24-19)11-6-2-1-3-7-11/h1-9,15H,22H2,(H,23,24)/t15-/m1/s1. The molecule has 25 heavy (non-hydrogen) atoms. The van der Waals surface area contributed by atoms with Crippen LogP contribution in [0.15, 0.2) is 66.1 Å². The molecule has 0 saturated heterocycles. The van der Waals surface area contributed by atoms with Gasteiger partial charge in [-0.3, -0.25) is 5.10 Å². The summed E-state index contributed by atoms with van der Waals surface area (Å²) >= 11 is 6.42. The number of nitrogens with two attached hydrogens (primary N) is 1. The molecule has 0 radical (unpaired) electrons. The lowest BCUT2D eigenvalue weighted by molar-refractivity contribution is 0.379. The SMILES string of the molecule is N#CC1=C(N)Oc2n[nH]c(-c3ccccc3)c2[C@@H]1c1ccccc1Cl. The average molecular weight is 349 g/mol. The first-order valence-electron chi connectivity index (χ1n) is 7.66. The highest BCUT2D eigenvalue weighted by atomic mass is 35.5. The van der Waals surface area contributed by atoms with Crippen LogP contribution in [0.3, 0.4) is 0 Å². The number of hydrogen-bond acceptors (Lipinski definition) is 4. The number of nitrogens with one attached hydrogen (secondary N) is 1. The molecule has 122 valence electrons. The Balaban J connectivity index is 1.99. The van der Waals surface area contributed by atoms with Crippen LogP contribution in [0.4, 0.5) is 0 Å². The average Bonchev–Trinajstić information content (AvgIpc) is 3.05. The van der Waals surface area contributed by atoms with Gasteiger partial charge in [-0.05, 0) is 17.2 Å². The topological polar surface area (TPSA) is 87.7 Å². The minimum absolute atomic E-state index is 0.0473. The second kappa shape index (κ2) is 6.00. The zero-order valence-electron chi connectivity index (χ0n) is 13.0. The van der Waals surface area contributed by atoms with Gasteiger partial charge < -0.3 is 10.5 Å². The van der Waals surface area contributed by atoms with E-state index in [1.54, 1.807) is 6.07 Å². The van der Waals surface area contributed by atoms with Crippen molar-refractivity contribution in [3.8, 4) is 23.2 Å². The van der Waals surface area contributed by atoms with Gasteiger partial charge in [0.2, 0.25) is 11.8 Å². The van der Waals surface area contributed by atoms with Crippen molar-refractivity contribution in [2.24, 2.45) is 5.73 Å². The molecule has 3 N–H and O–H groups in total. The largest absolute Gasteiger partial charge is 0.420 e. The van der Waals surface area contributed by atoms with Crippen LogP contribution in [-0.4, -0.2) is 10.2 Å². The second-order valence-corrected chi connectivity index (χ2v) is 6.04. The van der Waals surface area contributed by atoms with Gasteiger partial charge in [0, 0.05) is 5.02 Å². The van der Waals surface area contributed by atoms with Crippen LogP contribution < -0.4 is 10.5 Å². The van der Waals surface area contributed by atoms with E-state index < -0.39 is 5.92 Å². The maximum atomic E-state index is 9.67. The zero-order chi connectivity index (χ0) is 17.4. The maximum Gasteiger partial charge on any atom is 0.244 e. The van der Waals surface area contributed by atoms with E-state index in [1.165, 1.54) is 0 Å². The van der Waals surface area contributed by atoms with E-state index in [0.717, 1.165) is 22.4 Å². The smallest absolute Gasteiger partial charge is 0.244 e. The highest BCUT2D eigenvalue weighted by molar-refractivity contribution is 6.31. The normalized spacial score (nSPS) is 16.1. The molecule has 4 rings (SSSR count). The molecule has 0 saturated carbocycles. The Kier molecular flexibility index (Phi) is 3.68. The first kappa shape index (κ1) is 15.3. The van der Waals surface area contributed by atoms with Crippen molar-refractivity contribution in [3.63, 3.8) is 0 Å². The molecule has 5 nitrogen and oxygen atoms in total. The fraction of sp³-hybridized carbons (Fsp3) is 0.0526. The molecular formula is C19H13ClN4O. The highest BCUT2D eigenvalue weighted by Crippen LogP contribution is 2.46. The third kappa shape index (κ3) is 2.44. The third-order valence-corrected chi connectivity index (χ3v) is 4.56. The summed E-state index contributed by atoms with van der Waals surface area (Å²) in [6, 6.07) is 19.3. The lowest BCUT2D eigenvalue weighted by Crippen LogP contribution is -2.21. The first-order chi connectivity index (χ1) is 12.2. The monoisotopic (exact) mass is 348 g/mol. The van der Waals surface area contributed by atoms with Crippen LogP contribution in [0.5, 0.6) is 5.88 Å². The van der Waals surface area contributed by atoms with Gasteiger partial charge in [0.1, 0.15) is 11.6 Å². The van der Waals surface area contributed by atoms with Crippen molar-refractivity contribution in [2.75, 3.05) is 0 Å². The van der Waals surface area contributed by atoms with Crippen molar-refractivity contribution in [1.29, 1.82) is 5.26 Å². The van der Waals surface area contributed by atoms with Crippen LogP contribution in [-0.2, 0) is 0 Å². The summed E-state index contributed by atoms with van der Waals surface area (Å²) in [6.45, 7) is 0. The van der Waals surface area contributed by atoms with Crippen LogP contribution in [0, 0.1) is 11.3 Å². The zero-order valence-corrected chi connectivity index (χ0v) is 13.8. The molecule has 3 aromatic rings. The number of ether oxygens (including phenoxy) is 1. The molecule has 1 aromatic heterocycles. The molecule has 0 bridgehead atoms. The number of aromatic nitrogens is 2.